The number of pyridine rings is 2. The number of hydrogen-bond acceptors (Lipinski definition) is 6. The first-order valence-electron chi connectivity index (χ1n) is 14.4. The average Bonchev–Trinajstić information content (AvgIpc) is 3.44. The fourth-order valence-electron chi connectivity index (χ4n) is 5.27. The summed E-state index contributed by atoms with van der Waals surface area (Å²) in [6, 6.07) is 38.2. The molecule has 4 aromatic carbocycles. The molecule has 8 rings (SSSR count). The summed E-state index contributed by atoms with van der Waals surface area (Å²) in [7, 11) is 0. The van der Waals surface area contributed by atoms with E-state index in [1.807, 2.05) is 48.5 Å². The molecule has 0 bridgehead atoms. The molecule has 4 heterocycles. The zero-order chi connectivity index (χ0) is 31.7. The number of hydrogen-bond donors (Lipinski definition) is 0. The fraction of sp³-hybridized carbons (Fsp3) is 0. The normalized spacial score (nSPS) is 10.7. The van der Waals surface area contributed by atoms with Gasteiger partial charge < -0.3 is 24.0 Å². The van der Waals surface area contributed by atoms with Crippen LogP contribution in [0, 0.1) is 35.9 Å². The van der Waals surface area contributed by atoms with Gasteiger partial charge in [-0.05, 0) is 29.6 Å². The first-order chi connectivity index (χ1) is 23.1. The van der Waals surface area contributed by atoms with E-state index in [4.69, 9.17) is 9.47 Å². The molecule has 0 saturated carbocycles. The Bertz CT molecular complexity index is 2250. The molecule has 242 valence electrons. The number of ether oxygens (including phenoxy) is 2. The second-order valence-electron chi connectivity index (χ2n) is 10.3. The molecule has 0 aliphatic rings. The van der Waals surface area contributed by atoms with Gasteiger partial charge in [0, 0.05) is 59.4 Å². The zero-order valence-electron chi connectivity index (χ0n) is 24.9. The number of fused-ring (bicyclic) bond motifs is 3. The van der Waals surface area contributed by atoms with Crippen molar-refractivity contribution < 1.29 is 59.7 Å². The van der Waals surface area contributed by atoms with Crippen molar-refractivity contribution in [2.75, 3.05) is 0 Å². The smallest absolute Gasteiger partial charge is 0.503 e. The van der Waals surface area contributed by atoms with Gasteiger partial charge in [-0.2, -0.15) is 0 Å². The van der Waals surface area contributed by atoms with Gasteiger partial charge in [-0.1, -0.05) is 59.6 Å². The van der Waals surface area contributed by atoms with Crippen LogP contribution in [0.2, 0.25) is 0 Å². The van der Waals surface area contributed by atoms with Gasteiger partial charge in [0.25, 0.3) is 0 Å². The second-order valence-corrected chi connectivity index (χ2v) is 10.3. The van der Waals surface area contributed by atoms with Crippen LogP contribution in [0.3, 0.4) is 0 Å². The van der Waals surface area contributed by atoms with Crippen molar-refractivity contribution in [3.8, 4) is 51.5 Å². The maximum atomic E-state index is 16.0. The van der Waals surface area contributed by atoms with Crippen LogP contribution in [-0.2, 0) is 41.5 Å². The summed E-state index contributed by atoms with van der Waals surface area (Å²) in [5, 5.41) is -0.0648. The summed E-state index contributed by atoms with van der Waals surface area (Å²) < 4.78 is 45.5. The molecule has 11 heteroatoms. The van der Waals surface area contributed by atoms with Crippen molar-refractivity contribution in [3.05, 3.63) is 152 Å². The Labute approximate surface area is 307 Å². The molecule has 0 aliphatic carbocycles. The van der Waals surface area contributed by atoms with Gasteiger partial charge in [-0.15, -0.1) is 70.4 Å². The molecule has 0 fully saturated rings. The number of benzene rings is 4. The Balaban J connectivity index is 0.00000208. The van der Waals surface area contributed by atoms with Crippen molar-refractivity contribution in [2.45, 2.75) is 0 Å². The largest absolute Gasteiger partial charge is 2.00 e. The van der Waals surface area contributed by atoms with E-state index in [0.29, 0.717) is 34.0 Å². The summed E-state index contributed by atoms with van der Waals surface area (Å²) in [6.07, 6.45) is 6.43. The molecular weight excluding hydrogens is 898 g/mol. The Kier molecular flexibility index (Phi) is 10.0. The van der Waals surface area contributed by atoms with E-state index in [0.717, 1.165) is 12.1 Å². The standard InChI is InChI=1S/C38H19F2N5O2.Pd.Pt/c39-30-20-28(46-26-10-5-8-24(18-26)32-12-1-3-14-41-32)22-34-36(30)37-31(40)21-29(23-35(37)45(34)38-43-16-7-17-44-38)47-27-11-6-9-25(19-27)33-13-2-4-15-42-33;;/h1-17,20-21H;;/q-4;2*+2. The van der Waals surface area contributed by atoms with E-state index >= 15 is 8.78 Å². The third kappa shape index (κ3) is 6.77. The SMILES string of the molecule is Fc1cc(Oc2[c-]c(-c3ccccn3)ccc2)[c-]c2c1c1c(F)cc(Oc3[c-]c(-c4ccccn4)ccc3)[c-]c1n2-c1ncccn1.[Pd+2].[Pt+2]. The molecule has 0 atom stereocenters. The quantitative estimate of drug-likeness (QED) is 0.118. The van der Waals surface area contributed by atoms with Crippen LogP contribution >= 0.6 is 0 Å². The Morgan fingerprint density at radius 3 is 1.43 bits per heavy atom. The van der Waals surface area contributed by atoms with Gasteiger partial charge in [-0.25, -0.2) is 18.7 Å². The number of rotatable bonds is 7. The van der Waals surface area contributed by atoms with E-state index < -0.39 is 11.6 Å². The zero-order valence-corrected chi connectivity index (χ0v) is 28.7. The molecule has 4 aromatic heterocycles. The van der Waals surface area contributed by atoms with Crippen LogP contribution in [0.25, 0.3) is 50.3 Å². The van der Waals surface area contributed by atoms with E-state index in [1.165, 1.54) is 17.0 Å². The van der Waals surface area contributed by atoms with E-state index in [1.54, 1.807) is 42.7 Å². The number of nitrogens with zero attached hydrogens (tertiary/aromatic N) is 5. The minimum Gasteiger partial charge on any atom is -0.503 e. The van der Waals surface area contributed by atoms with Crippen molar-refractivity contribution >= 4 is 21.8 Å². The maximum absolute atomic E-state index is 16.0. The molecule has 0 saturated heterocycles. The molecule has 49 heavy (non-hydrogen) atoms. The first-order valence-corrected chi connectivity index (χ1v) is 14.4. The second kappa shape index (κ2) is 14.6. The number of halogens is 2. The Hall–Kier alpha value is -5.13. The molecule has 0 spiro atoms. The summed E-state index contributed by atoms with van der Waals surface area (Å²) in [5.74, 6) is -0.581. The van der Waals surface area contributed by atoms with Gasteiger partial charge in [0.2, 0.25) is 5.95 Å². The van der Waals surface area contributed by atoms with Crippen LogP contribution in [0.15, 0.2) is 116 Å². The topological polar surface area (TPSA) is 75.0 Å². The fourth-order valence-corrected chi connectivity index (χ4v) is 5.27. The van der Waals surface area contributed by atoms with Crippen molar-refractivity contribution in [3.63, 3.8) is 0 Å². The average molecular weight is 917 g/mol. The predicted octanol–water partition coefficient (Wildman–Crippen LogP) is 8.76. The van der Waals surface area contributed by atoms with Gasteiger partial charge in [-0.3, -0.25) is 0 Å². The predicted molar refractivity (Wildman–Crippen MR) is 171 cm³/mol. The summed E-state index contributed by atoms with van der Waals surface area (Å²) in [6.45, 7) is 0. The first kappa shape index (κ1) is 33.8. The van der Waals surface area contributed by atoms with Crippen molar-refractivity contribution in [1.29, 1.82) is 0 Å². The third-order valence-electron chi connectivity index (χ3n) is 7.26. The molecular formula is C38H19F2N5O2PdPt. The number of aromatic nitrogens is 5. The van der Waals surface area contributed by atoms with Gasteiger partial charge in [0.05, 0.1) is 0 Å². The minimum absolute atomic E-state index is 0. The molecule has 0 unspecified atom stereocenters. The molecule has 0 radical (unpaired) electrons. The Morgan fingerprint density at radius 2 is 0.980 bits per heavy atom. The maximum Gasteiger partial charge on any atom is 2.00 e. The molecule has 0 aliphatic heterocycles. The van der Waals surface area contributed by atoms with E-state index in [-0.39, 0.29) is 80.7 Å². The van der Waals surface area contributed by atoms with Crippen LogP contribution in [0.4, 0.5) is 8.78 Å². The Morgan fingerprint density at radius 1 is 0.510 bits per heavy atom. The van der Waals surface area contributed by atoms with Gasteiger partial charge >= 0.3 is 41.5 Å². The summed E-state index contributed by atoms with van der Waals surface area (Å²) in [4.78, 5) is 17.4. The van der Waals surface area contributed by atoms with E-state index in [9.17, 15) is 0 Å². The summed E-state index contributed by atoms with van der Waals surface area (Å²) in [5.41, 5.74) is 3.10. The molecule has 0 N–H and O–H groups in total. The monoisotopic (exact) mass is 916 g/mol. The summed E-state index contributed by atoms with van der Waals surface area (Å²) >= 11 is 0. The van der Waals surface area contributed by atoms with Crippen LogP contribution in [0.5, 0.6) is 23.0 Å². The van der Waals surface area contributed by atoms with Crippen LogP contribution in [-0.4, -0.2) is 24.5 Å². The molecule has 0 amide bonds. The minimum atomic E-state index is -0.730. The van der Waals surface area contributed by atoms with E-state index in [2.05, 4.69) is 44.2 Å². The van der Waals surface area contributed by atoms with Crippen molar-refractivity contribution in [1.82, 2.24) is 24.5 Å². The van der Waals surface area contributed by atoms with Crippen LogP contribution < -0.4 is 9.47 Å². The third-order valence-corrected chi connectivity index (χ3v) is 7.26. The van der Waals surface area contributed by atoms with Crippen molar-refractivity contribution in [2.24, 2.45) is 0 Å². The van der Waals surface area contributed by atoms with Crippen LogP contribution in [0.1, 0.15) is 0 Å². The molecule has 8 aromatic rings. The van der Waals surface area contributed by atoms with Gasteiger partial charge in [0.15, 0.2) is 0 Å². The van der Waals surface area contributed by atoms with Gasteiger partial charge in [0.1, 0.15) is 0 Å². The molecule has 7 nitrogen and oxygen atoms in total.